The smallest absolute Gasteiger partial charge is 0.00189 e. The van der Waals surface area contributed by atoms with Crippen LogP contribution in [0.4, 0.5) is 0 Å². The molecule has 2 rings (SSSR count). The topological polar surface area (TPSA) is 3.24 Å². The first-order valence-corrected chi connectivity index (χ1v) is 13.3. The first-order chi connectivity index (χ1) is 13.6. The number of hydrogen-bond acceptors (Lipinski definition) is 1. The molecule has 0 amide bonds. The highest BCUT2D eigenvalue weighted by atomic mass is 15.1. The number of nitrogens with zero attached hydrogens (tertiary/aromatic N) is 1. The van der Waals surface area contributed by atoms with E-state index in [9.17, 15) is 0 Å². The van der Waals surface area contributed by atoms with E-state index in [4.69, 9.17) is 0 Å². The Bertz CT molecular complexity index is 403. The maximum Gasteiger partial charge on any atom is -0.00189 e. The van der Waals surface area contributed by atoms with Gasteiger partial charge in [0.15, 0.2) is 0 Å². The quantitative estimate of drug-likeness (QED) is 0.380. The van der Waals surface area contributed by atoms with Crippen LogP contribution in [-0.2, 0) is 0 Å². The van der Waals surface area contributed by atoms with E-state index >= 15 is 0 Å². The molecular weight excluding hydrogens is 386 g/mol. The van der Waals surface area contributed by atoms with Crippen LogP contribution in [-0.4, -0.2) is 25.0 Å². The molecule has 2 aliphatic rings. The predicted octanol–water partition coefficient (Wildman–Crippen LogP) is 10.7. The summed E-state index contributed by atoms with van der Waals surface area (Å²) in [5.41, 5.74) is 2.15. The Hall–Kier alpha value is -0.0400. The van der Waals surface area contributed by atoms with Crippen LogP contribution < -0.4 is 0 Å². The number of rotatable bonds is 1. The van der Waals surface area contributed by atoms with Gasteiger partial charge in [0.2, 0.25) is 0 Å². The largest absolute Gasteiger partial charge is 0.306 e. The van der Waals surface area contributed by atoms with Gasteiger partial charge < -0.3 is 4.90 Å². The Morgan fingerprint density at radius 1 is 0.656 bits per heavy atom. The van der Waals surface area contributed by atoms with Gasteiger partial charge in [0.05, 0.1) is 0 Å². The van der Waals surface area contributed by atoms with Crippen molar-refractivity contribution in [2.45, 2.75) is 149 Å². The molecule has 1 saturated carbocycles. The summed E-state index contributed by atoms with van der Waals surface area (Å²) in [7, 11) is 2.22. The normalized spacial score (nSPS) is 18.5. The minimum atomic E-state index is 0. The molecule has 198 valence electrons. The van der Waals surface area contributed by atoms with Crippen molar-refractivity contribution in [3.63, 3.8) is 0 Å². The Kier molecular flexibility index (Phi) is 18.0. The molecule has 0 aromatic heterocycles. The SMILES string of the molecule is C.CC(C)(C)C.CC(C)(C)CC1CCC1.CCC(C)(C)C.CN1CCC(C(C)(C)C)CC1. The Morgan fingerprint density at radius 3 is 1.16 bits per heavy atom. The molecule has 0 unspecified atom stereocenters. The fourth-order valence-corrected chi connectivity index (χ4v) is 3.44. The van der Waals surface area contributed by atoms with Gasteiger partial charge in [0, 0.05) is 0 Å². The van der Waals surface area contributed by atoms with Gasteiger partial charge in [-0.15, -0.1) is 0 Å². The van der Waals surface area contributed by atoms with Crippen molar-refractivity contribution >= 4 is 0 Å². The summed E-state index contributed by atoms with van der Waals surface area (Å²) in [4.78, 5) is 2.43. The molecule has 1 nitrogen and oxygen atoms in total. The highest BCUT2D eigenvalue weighted by Crippen LogP contribution is 2.36. The Morgan fingerprint density at radius 2 is 1.00 bits per heavy atom. The van der Waals surface area contributed by atoms with Crippen molar-refractivity contribution in [2.24, 2.45) is 33.5 Å². The van der Waals surface area contributed by atoms with Gasteiger partial charge in [0.25, 0.3) is 0 Å². The fourth-order valence-electron chi connectivity index (χ4n) is 3.44. The molecule has 1 heteroatoms. The molecule has 0 aromatic rings. The van der Waals surface area contributed by atoms with Crippen LogP contribution in [0.1, 0.15) is 149 Å². The molecule has 0 N–H and O–H groups in total. The second kappa shape index (κ2) is 15.8. The standard InChI is InChI=1S/C10H21N.C9H18.C6H14.C5H12.CH4/c1-10(2,3)9-5-7-11(4)8-6-9;1-9(2,3)7-8-5-4-6-8;1-5-6(2,3)4;1-5(2,3)4;/h9H,5-8H2,1-4H3;8H,4-7H2,1-3H3;5H2,1-4H3;1-4H3;1H4. The minimum Gasteiger partial charge on any atom is -0.306 e. The molecule has 1 aliphatic carbocycles. The molecule has 32 heavy (non-hydrogen) atoms. The first kappa shape index (κ1) is 36.5. The lowest BCUT2D eigenvalue weighted by Crippen LogP contribution is -2.35. The van der Waals surface area contributed by atoms with E-state index in [0.717, 1.165) is 11.8 Å². The van der Waals surface area contributed by atoms with Gasteiger partial charge >= 0.3 is 0 Å². The highest BCUT2D eigenvalue weighted by Gasteiger charge is 2.27. The van der Waals surface area contributed by atoms with Gasteiger partial charge in [-0.25, -0.2) is 0 Å². The maximum absolute atomic E-state index is 2.43. The first-order valence-electron chi connectivity index (χ1n) is 13.3. The van der Waals surface area contributed by atoms with Crippen LogP contribution in [0.5, 0.6) is 0 Å². The molecule has 0 atom stereocenters. The monoisotopic (exact) mass is 456 g/mol. The van der Waals surface area contributed by atoms with Crippen molar-refractivity contribution < 1.29 is 0 Å². The summed E-state index contributed by atoms with van der Waals surface area (Å²) in [6.45, 7) is 34.4. The molecule has 0 bridgehead atoms. The van der Waals surface area contributed by atoms with Crippen molar-refractivity contribution in [1.29, 1.82) is 0 Å². The van der Waals surface area contributed by atoms with Gasteiger partial charge in [-0.1, -0.05) is 130 Å². The van der Waals surface area contributed by atoms with Crippen LogP contribution in [0.25, 0.3) is 0 Å². The molecule has 0 aromatic carbocycles. The summed E-state index contributed by atoms with van der Waals surface area (Å²) in [5.74, 6) is 2.02. The zero-order valence-corrected chi connectivity index (χ0v) is 25.0. The van der Waals surface area contributed by atoms with E-state index < -0.39 is 0 Å². The van der Waals surface area contributed by atoms with E-state index in [-0.39, 0.29) is 7.43 Å². The average Bonchev–Trinajstić information content (AvgIpc) is 2.49. The lowest BCUT2D eigenvalue weighted by molar-refractivity contribution is 0.129. The van der Waals surface area contributed by atoms with Gasteiger partial charge in [-0.2, -0.15) is 0 Å². The second-order valence-corrected chi connectivity index (χ2v) is 15.4. The molecule has 1 saturated heterocycles. The van der Waals surface area contributed by atoms with E-state index in [1.807, 2.05) is 0 Å². The Labute approximate surface area is 207 Å². The molecule has 1 aliphatic heterocycles. The minimum absolute atomic E-state index is 0. The number of piperidine rings is 1. The molecule has 2 fully saturated rings. The number of hydrogen-bond donors (Lipinski definition) is 0. The second-order valence-electron chi connectivity index (χ2n) is 15.4. The third-order valence-corrected chi connectivity index (χ3v) is 6.13. The summed E-state index contributed by atoms with van der Waals surface area (Å²) in [6, 6.07) is 0. The predicted molar refractivity (Wildman–Crippen MR) is 153 cm³/mol. The zero-order chi connectivity index (χ0) is 25.1. The van der Waals surface area contributed by atoms with Gasteiger partial charge in [-0.3, -0.25) is 0 Å². The third-order valence-electron chi connectivity index (χ3n) is 6.13. The van der Waals surface area contributed by atoms with Crippen LogP contribution >= 0.6 is 0 Å². The van der Waals surface area contributed by atoms with E-state index in [1.165, 1.54) is 58.0 Å². The molecular formula is C31H69N. The van der Waals surface area contributed by atoms with Gasteiger partial charge in [-0.05, 0) is 72.9 Å². The Balaban J connectivity index is -0.000000364. The summed E-state index contributed by atoms with van der Waals surface area (Å²) >= 11 is 0. The zero-order valence-electron chi connectivity index (χ0n) is 25.0. The summed E-state index contributed by atoms with van der Waals surface area (Å²) in [6.07, 6.45) is 9.97. The van der Waals surface area contributed by atoms with Crippen molar-refractivity contribution in [3.8, 4) is 0 Å². The fraction of sp³-hybridized carbons (Fsp3) is 1.00. The molecule has 0 spiro atoms. The molecule has 1 heterocycles. The van der Waals surface area contributed by atoms with Crippen molar-refractivity contribution in [1.82, 2.24) is 4.90 Å². The summed E-state index contributed by atoms with van der Waals surface area (Å²) < 4.78 is 0. The average molecular weight is 456 g/mol. The third kappa shape index (κ3) is 28.0. The van der Waals surface area contributed by atoms with Crippen molar-refractivity contribution in [3.05, 3.63) is 0 Å². The van der Waals surface area contributed by atoms with Crippen molar-refractivity contribution in [2.75, 3.05) is 20.1 Å². The van der Waals surface area contributed by atoms with Crippen LogP contribution in [0.15, 0.2) is 0 Å². The van der Waals surface area contributed by atoms with E-state index in [1.54, 1.807) is 0 Å². The van der Waals surface area contributed by atoms with Crippen LogP contribution in [0.3, 0.4) is 0 Å². The molecule has 0 radical (unpaired) electrons. The summed E-state index contributed by atoms with van der Waals surface area (Å²) in [5, 5.41) is 0. The highest BCUT2D eigenvalue weighted by molar-refractivity contribution is 4.79. The van der Waals surface area contributed by atoms with E-state index in [0.29, 0.717) is 21.7 Å². The van der Waals surface area contributed by atoms with E-state index in [2.05, 4.69) is 109 Å². The van der Waals surface area contributed by atoms with Crippen LogP contribution in [0.2, 0.25) is 0 Å². The van der Waals surface area contributed by atoms with Gasteiger partial charge in [0.1, 0.15) is 0 Å². The maximum atomic E-state index is 2.43. The number of likely N-dealkylation sites (tertiary alicyclic amines) is 1. The lowest BCUT2D eigenvalue weighted by atomic mass is 9.74. The lowest BCUT2D eigenvalue weighted by Gasteiger charge is -2.37. The van der Waals surface area contributed by atoms with Crippen LogP contribution in [0, 0.1) is 33.5 Å².